The minimum absolute atomic E-state index is 0.00240. The van der Waals surface area contributed by atoms with Crippen LogP contribution in [0, 0.1) is 0 Å². The number of hydrogen-bond acceptors (Lipinski definition) is 6. The zero-order valence-corrected chi connectivity index (χ0v) is 20.3. The number of carbonyl (C=O) groups excluding carboxylic acids is 2. The molecular formula is C21H25Br2NO5. The minimum atomic E-state index is -1.28. The van der Waals surface area contributed by atoms with Crippen LogP contribution >= 0.6 is 31.9 Å². The first-order valence-electron chi connectivity index (χ1n) is 9.29. The van der Waals surface area contributed by atoms with Crippen LogP contribution in [0.15, 0.2) is 44.9 Å². The molecule has 0 N–H and O–H groups in total. The number of halogens is 2. The highest BCUT2D eigenvalue weighted by Crippen LogP contribution is 2.45. The minimum Gasteiger partial charge on any atom is -0.462 e. The normalized spacial score (nSPS) is 20.6. The summed E-state index contributed by atoms with van der Waals surface area (Å²) in [5.41, 5.74) is -1.06. The van der Waals surface area contributed by atoms with Gasteiger partial charge in [-0.05, 0) is 46.8 Å². The third-order valence-corrected chi connectivity index (χ3v) is 5.35. The molecule has 0 spiro atoms. The molecule has 0 saturated carbocycles. The zero-order chi connectivity index (χ0) is 21.8. The molecule has 0 fully saturated rings. The molecule has 0 radical (unpaired) electrons. The third kappa shape index (κ3) is 5.09. The van der Waals surface area contributed by atoms with Gasteiger partial charge in [-0.2, -0.15) is 0 Å². The largest absolute Gasteiger partial charge is 0.462 e. The SMILES string of the molecule is CCOC(=O)C1=C(C(=O)OCC)C(CBr)(c2ccc(Br)cc2)OC1=NC(C)(C)C. The molecule has 158 valence electrons. The Hall–Kier alpha value is -1.67. The molecule has 8 heteroatoms. The third-order valence-electron chi connectivity index (χ3n) is 4.03. The van der Waals surface area contributed by atoms with Gasteiger partial charge >= 0.3 is 11.9 Å². The van der Waals surface area contributed by atoms with E-state index in [9.17, 15) is 9.59 Å². The van der Waals surface area contributed by atoms with Gasteiger partial charge in [0.1, 0.15) is 11.1 Å². The van der Waals surface area contributed by atoms with Crippen LogP contribution in [0.2, 0.25) is 0 Å². The summed E-state index contributed by atoms with van der Waals surface area (Å²) in [5, 5.41) is 0.210. The summed E-state index contributed by atoms with van der Waals surface area (Å²) < 4.78 is 17.7. The first-order valence-corrected chi connectivity index (χ1v) is 11.2. The molecule has 1 unspecified atom stereocenters. The number of nitrogens with zero attached hydrogens (tertiary/aromatic N) is 1. The van der Waals surface area contributed by atoms with Gasteiger partial charge in [-0.15, -0.1) is 0 Å². The summed E-state index contributed by atoms with van der Waals surface area (Å²) >= 11 is 6.90. The smallest absolute Gasteiger partial charge is 0.344 e. The first kappa shape index (κ1) is 23.6. The molecule has 0 amide bonds. The average molecular weight is 531 g/mol. The Morgan fingerprint density at radius 3 is 2.10 bits per heavy atom. The Bertz CT molecular complexity index is 840. The second-order valence-electron chi connectivity index (χ2n) is 7.35. The van der Waals surface area contributed by atoms with Crippen LogP contribution in [0.3, 0.4) is 0 Å². The van der Waals surface area contributed by atoms with Crippen LogP contribution in [-0.2, 0) is 29.4 Å². The van der Waals surface area contributed by atoms with Gasteiger partial charge in [0.2, 0.25) is 5.90 Å². The van der Waals surface area contributed by atoms with Crippen LogP contribution in [0.25, 0.3) is 0 Å². The summed E-state index contributed by atoms with van der Waals surface area (Å²) in [7, 11) is 0. The van der Waals surface area contributed by atoms with Crippen molar-refractivity contribution in [2.45, 2.75) is 45.8 Å². The van der Waals surface area contributed by atoms with E-state index in [1.807, 2.05) is 45.0 Å². The molecule has 1 aliphatic heterocycles. The standard InChI is InChI=1S/C21H25Br2NO5/c1-6-27-18(25)15-16(19(26)28-7-2)21(12-22,13-8-10-14(23)11-9-13)29-17(15)24-20(3,4)5/h8-11H,6-7,12H2,1-5H3. The van der Waals surface area contributed by atoms with Crippen LogP contribution in [0.4, 0.5) is 0 Å². The lowest BCUT2D eigenvalue weighted by atomic mass is 9.86. The zero-order valence-electron chi connectivity index (χ0n) is 17.2. The second-order valence-corrected chi connectivity index (χ2v) is 8.82. The molecule has 29 heavy (non-hydrogen) atoms. The van der Waals surface area contributed by atoms with E-state index in [0.29, 0.717) is 5.56 Å². The molecule has 1 atom stereocenters. The number of esters is 2. The highest BCUT2D eigenvalue weighted by molar-refractivity contribution is 9.10. The number of rotatable bonds is 6. The lowest BCUT2D eigenvalue weighted by Gasteiger charge is -2.29. The molecule has 2 rings (SSSR count). The van der Waals surface area contributed by atoms with E-state index in [4.69, 9.17) is 14.2 Å². The van der Waals surface area contributed by atoms with Crippen LogP contribution in [0.5, 0.6) is 0 Å². The lowest BCUT2D eigenvalue weighted by Crippen LogP contribution is -2.35. The maximum atomic E-state index is 13.0. The van der Waals surface area contributed by atoms with Gasteiger partial charge in [-0.3, -0.25) is 0 Å². The fourth-order valence-electron chi connectivity index (χ4n) is 2.92. The number of ether oxygens (including phenoxy) is 3. The van der Waals surface area contributed by atoms with Crippen LogP contribution < -0.4 is 0 Å². The highest BCUT2D eigenvalue weighted by atomic mass is 79.9. The molecule has 1 heterocycles. The van der Waals surface area contributed by atoms with Gasteiger partial charge < -0.3 is 14.2 Å². The molecule has 1 aliphatic rings. The van der Waals surface area contributed by atoms with E-state index in [2.05, 4.69) is 36.9 Å². The summed E-state index contributed by atoms with van der Waals surface area (Å²) in [4.78, 5) is 30.5. The number of carbonyl (C=O) groups is 2. The van der Waals surface area contributed by atoms with E-state index in [-0.39, 0.29) is 35.6 Å². The Morgan fingerprint density at radius 1 is 1.07 bits per heavy atom. The fourth-order valence-corrected chi connectivity index (χ4v) is 3.90. The molecule has 0 aromatic heterocycles. The van der Waals surface area contributed by atoms with Crippen molar-refractivity contribution in [1.29, 1.82) is 0 Å². The summed E-state index contributed by atoms with van der Waals surface area (Å²) in [6, 6.07) is 7.34. The second kappa shape index (κ2) is 9.43. The Kier molecular flexibility index (Phi) is 7.67. The topological polar surface area (TPSA) is 74.2 Å². The highest BCUT2D eigenvalue weighted by Gasteiger charge is 2.53. The molecule has 0 aliphatic carbocycles. The molecular weight excluding hydrogens is 506 g/mol. The predicted molar refractivity (Wildman–Crippen MR) is 118 cm³/mol. The number of benzene rings is 1. The van der Waals surface area contributed by atoms with Gasteiger partial charge in [0, 0.05) is 10.0 Å². The quantitative estimate of drug-likeness (QED) is 0.394. The average Bonchev–Trinajstić information content (AvgIpc) is 2.96. The van der Waals surface area contributed by atoms with Crippen molar-refractivity contribution in [3.8, 4) is 0 Å². The monoisotopic (exact) mass is 529 g/mol. The van der Waals surface area contributed by atoms with Gasteiger partial charge in [0.15, 0.2) is 5.60 Å². The van der Waals surface area contributed by atoms with Crippen molar-refractivity contribution in [1.82, 2.24) is 0 Å². The van der Waals surface area contributed by atoms with E-state index < -0.39 is 23.1 Å². The molecule has 0 saturated heterocycles. The van der Waals surface area contributed by atoms with Gasteiger partial charge in [0.25, 0.3) is 0 Å². The van der Waals surface area contributed by atoms with Crippen molar-refractivity contribution in [2.24, 2.45) is 4.99 Å². The maximum Gasteiger partial charge on any atom is 0.344 e. The molecule has 0 bridgehead atoms. The van der Waals surface area contributed by atoms with Crippen molar-refractivity contribution < 1.29 is 23.8 Å². The fraction of sp³-hybridized carbons (Fsp3) is 0.476. The van der Waals surface area contributed by atoms with Crippen LogP contribution in [-0.4, -0.2) is 41.9 Å². The van der Waals surface area contributed by atoms with Crippen molar-refractivity contribution in [3.05, 3.63) is 45.4 Å². The Labute approximate surface area is 188 Å². The number of hydrogen-bond donors (Lipinski definition) is 0. The van der Waals surface area contributed by atoms with Crippen LogP contribution in [0.1, 0.15) is 40.2 Å². The number of alkyl halides is 1. The van der Waals surface area contributed by atoms with Crippen molar-refractivity contribution in [2.75, 3.05) is 18.5 Å². The van der Waals surface area contributed by atoms with E-state index in [1.165, 1.54) is 0 Å². The predicted octanol–water partition coefficient (Wildman–Crippen LogP) is 4.69. The van der Waals surface area contributed by atoms with Gasteiger partial charge in [-0.25, -0.2) is 14.6 Å². The summed E-state index contributed by atoms with van der Waals surface area (Å²) in [5.74, 6) is -1.24. The summed E-state index contributed by atoms with van der Waals surface area (Å²) in [6.07, 6.45) is 0. The van der Waals surface area contributed by atoms with E-state index >= 15 is 0 Å². The molecule has 1 aromatic carbocycles. The lowest BCUT2D eigenvalue weighted by molar-refractivity contribution is -0.142. The Morgan fingerprint density at radius 2 is 1.62 bits per heavy atom. The Balaban J connectivity index is 2.84. The maximum absolute atomic E-state index is 13.0. The van der Waals surface area contributed by atoms with Crippen molar-refractivity contribution in [3.63, 3.8) is 0 Å². The number of aliphatic imine (C=N–C) groups is 1. The van der Waals surface area contributed by atoms with Gasteiger partial charge in [0.05, 0.1) is 24.1 Å². The molecule has 6 nitrogen and oxygen atoms in total. The van der Waals surface area contributed by atoms with Crippen molar-refractivity contribution >= 4 is 49.7 Å². The molecule has 1 aromatic rings. The van der Waals surface area contributed by atoms with E-state index in [0.717, 1.165) is 4.47 Å². The summed E-state index contributed by atoms with van der Waals surface area (Å²) in [6.45, 7) is 9.35. The first-order chi connectivity index (χ1) is 13.6. The van der Waals surface area contributed by atoms with E-state index in [1.54, 1.807) is 13.8 Å². The van der Waals surface area contributed by atoms with Gasteiger partial charge in [-0.1, -0.05) is 44.0 Å².